The van der Waals surface area contributed by atoms with Crippen molar-refractivity contribution in [2.24, 2.45) is 5.73 Å². The Kier molecular flexibility index (Phi) is 5.19. The van der Waals surface area contributed by atoms with Gasteiger partial charge in [0.1, 0.15) is 0 Å². The van der Waals surface area contributed by atoms with Crippen LogP contribution in [0.15, 0.2) is 25.9 Å². The Morgan fingerprint density at radius 1 is 1.33 bits per heavy atom. The predicted molar refractivity (Wildman–Crippen MR) is 94.7 cm³/mol. The number of aromatic nitrogens is 2. The second-order valence-electron chi connectivity index (χ2n) is 5.67. The van der Waals surface area contributed by atoms with Gasteiger partial charge in [0.2, 0.25) is 0 Å². The number of hydrogen-bond donors (Lipinski definition) is 1. The Labute approximate surface area is 146 Å². The predicted octanol–water partition coefficient (Wildman–Crippen LogP) is 5.22. The molecule has 2 heterocycles. The van der Waals surface area contributed by atoms with Gasteiger partial charge in [0.15, 0.2) is 0 Å². The third-order valence-electron chi connectivity index (χ3n) is 4.12. The van der Waals surface area contributed by atoms with Crippen LogP contribution in [0.25, 0.3) is 0 Å². The molecule has 3 nitrogen and oxygen atoms in total. The smallest absolute Gasteiger partial charge is 0.0758 e. The summed E-state index contributed by atoms with van der Waals surface area (Å²) >= 11 is 8.75. The van der Waals surface area contributed by atoms with Crippen LogP contribution in [-0.2, 0) is 6.42 Å². The van der Waals surface area contributed by atoms with E-state index in [1.165, 1.54) is 32.1 Å². The lowest BCUT2D eigenvalue weighted by Crippen LogP contribution is -2.16. The minimum atomic E-state index is -0.0170. The van der Waals surface area contributed by atoms with Crippen molar-refractivity contribution in [3.8, 4) is 0 Å². The Hall–Kier alpha value is -0.170. The molecule has 1 aliphatic rings. The highest BCUT2D eigenvalue weighted by Gasteiger charge is 2.18. The number of halogens is 2. The van der Waals surface area contributed by atoms with E-state index in [1.54, 1.807) is 11.3 Å². The fourth-order valence-electron chi connectivity index (χ4n) is 2.98. The number of hydrogen-bond acceptors (Lipinski definition) is 3. The molecule has 6 heteroatoms. The van der Waals surface area contributed by atoms with Gasteiger partial charge in [0.25, 0.3) is 0 Å². The van der Waals surface area contributed by atoms with E-state index in [2.05, 4.69) is 54.9 Å². The Morgan fingerprint density at radius 3 is 2.76 bits per heavy atom. The van der Waals surface area contributed by atoms with E-state index in [0.29, 0.717) is 6.04 Å². The molecule has 3 rings (SSSR count). The molecule has 2 N–H and O–H groups in total. The lowest BCUT2D eigenvalue weighted by molar-refractivity contribution is 0.328. The average molecular weight is 433 g/mol. The third kappa shape index (κ3) is 3.78. The summed E-state index contributed by atoms with van der Waals surface area (Å²) in [4.78, 5) is 0. The second kappa shape index (κ2) is 6.94. The molecule has 0 aromatic carbocycles. The van der Waals surface area contributed by atoms with E-state index in [9.17, 15) is 0 Å². The van der Waals surface area contributed by atoms with Crippen molar-refractivity contribution in [2.45, 2.75) is 50.6 Å². The Balaban J connectivity index is 1.67. The summed E-state index contributed by atoms with van der Waals surface area (Å²) in [5.41, 5.74) is 8.57. The molecule has 2 aromatic heterocycles. The third-order valence-corrected chi connectivity index (χ3v) is 6.51. The van der Waals surface area contributed by atoms with Gasteiger partial charge in [-0.15, -0.1) is 11.3 Å². The van der Waals surface area contributed by atoms with Crippen LogP contribution in [0.1, 0.15) is 55.4 Å². The molecule has 1 fully saturated rings. The molecule has 0 saturated heterocycles. The molecule has 0 spiro atoms. The average Bonchev–Trinajstić information content (AvgIpc) is 3.06. The van der Waals surface area contributed by atoms with E-state index in [4.69, 9.17) is 10.8 Å². The zero-order valence-corrected chi connectivity index (χ0v) is 15.8. The molecule has 1 unspecified atom stereocenters. The first-order valence-electron chi connectivity index (χ1n) is 7.38. The van der Waals surface area contributed by atoms with Crippen molar-refractivity contribution in [3.63, 3.8) is 0 Å². The van der Waals surface area contributed by atoms with Crippen LogP contribution < -0.4 is 5.73 Å². The fourth-order valence-corrected chi connectivity index (χ4v) is 5.98. The number of nitrogens with two attached hydrogens (primary N) is 1. The maximum absolute atomic E-state index is 6.34. The molecular weight excluding hydrogens is 414 g/mol. The zero-order chi connectivity index (χ0) is 14.8. The number of rotatable bonds is 4. The molecule has 21 heavy (non-hydrogen) atoms. The van der Waals surface area contributed by atoms with Crippen molar-refractivity contribution in [1.82, 2.24) is 9.78 Å². The summed E-state index contributed by atoms with van der Waals surface area (Å²) in [6.07, 6.45) is 9.45. The van der Waals surface area contributed by atoms with Crippen LogP contribution in [0.5, 0.6) is 0 Å². The first kappa shape index (κ1) is 15.7. The van der Waals surface area contributed by atoms with Gasteiger partial charge < -0.3 is 5.73 Å². The fraction of sp³-hybridized carbons (Fsp3) is 0.533. The lowest BCUT2D eigenvalue weighted by Gasteiger charge is -2.21. The topological polar surface area (TPSA) is 43.8 Å². The van der Waals surface area contributed by atoms with Gasteiger partial charge in [-0.3, -0.25) is 4.68 Å². The zero-order valence-electron chi connectivity index (χ0n) is 11.8. The van der Waals surface area contributed by atoms with Crippen molar-refractivity contribution in [1.29, 1.82) is 0 Å². The van der Waals surface area contributed by atoms with Gasteiger partial charge >= 0.3 is 0 Å². The maximum Gasteiger partial charge on any atom is 0.0758 e. The van der Waals surface area contributed by atoms with Gasteiger partial charge in [-0.05, 0) is 62.4 Å². The van der Waals surface area contributed by atoms with Crippen molar-refractivity contribution >= 4 is 43.2 Å². The summed E-state index contributed by atoms with van der Waals surface area (Å²) in [6, 6.07) is 4.78. The summed E-state index contributed by atoms with van der Waals surface area (Å²) in [6.45, 7) is 0. The largest absolute Gasteiger partial charge is 0.324 e. The minimum absolute atomic E-state index is 0.0170. The molecule has 114 valence electrons. The summed E-state index contributed by atoms with van der Waals surface area (Å²) in [5.74, 6) is 0. The molecule has 0 aliphatic heterocycles. The van der Waals surface area contributed by atoms with Crippen LogP contribution in [0.3, 0.4) is 0 Å². The SMILES string of the molecule is NC(Cc1ccn(C2CCCCC2)n1)c1cc(Br)sc1Br. The van der Waals surface area contributed by atoms with Gasteiger partial charge in [0, 0.05) is 18.7 Å². The van der Waals surface area contributed by atoms with E-state index < -0.39 is 0 Å². The van der Waals surface area contributed by atoms with Crippen LogP contribution in [0, 0.1) is 0 Å². The van der Waals surface area contributed by atoms with Crippen LogP contribution in [0.2, 0.25) is 0 Å². The number of nitrogens with zero attached hydrogens (tertiary/aromatic N) is 2. The summed E-state index contributed by atoms with van der Waals surface area (Å²) < 4.78 is 4.36. The highest BCUT2D eigenvalue weighted by molar-refractivity contribution is 9.12. The van der Waals surface area contributed by atoms with E-state index in [-0.39, 0.29) is 6.04 Å². The molecular formula is C15H19Br2N3S. The lowest BCUT2D eigenvalue weighted by atomic mass is 9.96. The first-order chi connectivity index (χ1) is 10.1. The van der Waals surface area contributed by atoms with Crippen LogP contribution in [-0.4, -0.2) is 9.78 Å². The van der Waals surface area contributed by atoms with E-state index in [0.717, 1.165) is 25.3 Å². The quantitative estimate of drug-likeness (QED) is 0.719. The summed E-state index contributed by atoms with van der Waals surface area (Å²) in [7, 11) is 0. The van der Waals surface area contributed by atoms with Crippen molar-refractivity contribution in [3.05, 3.63) is 37.2 Å². The maximum atomic E-state index is 6.34. The molecule has 2 aromatic rings. The molecule has 1 saturated carbocycles. The molecule has 0 radical (unpaired) electrons. The van der Waals surface area contributed by atoms with Gasteiger partial charge in [-0.25, -0.2) is 0 Å². The highest BCUT2D eigenvalue weighted by atomic mass is 79.9. The second-order valence-corrected chi connectivity index (χ2v) is 9.42. The van der Waals surface area contributed by atoms with Crippen molar-refractivity contribution < 1.29 is 0 Å². The molecule has 1 aliphatic carbocycles. The van der Waals surface area contributed by atoms with Gasteiger partial charge in [-0.2, -0.15) is 5.10 Å². The number of thiophene rings is 1. The van der Waals surface area contributed by atoms with Crippen molar-refractivity contribution in [2.75, 3.05) is 0 Å². The van der Waals surface area contributed by atoms with Gasteiger partial charge in [0.05, 0.1) is 19.3 Å². The molecule has 0 bridgehead atoms. The standard InChI is InChI=1S/C15H19Br2N3S/c16-14-9-12(15(17)21-14)13(18)8-10-6-7-20(19-10)11-4-2-1-3-5-11/h6-7,9,11,13H,1-5,8,18H2. The molecule has 1 atom stereocenters. The highest BCUT2D eigenvalue weighted by Crippen LogP contribution is 2.35. The van der Waals surface area contributed by atoms with Crippen LogP contribution in [0.4, 0.5) is 0 Å². The van der Waals surface area contributed by atoms with E-state index in [1.807, 2.05) is 0 Å². The minimum Gasteiger partial charge on any atom is -0.324 e. The monoisotopic (exact) mass is 431 g/mol. The Morgan fingerprint density at radius 2 is 2.10 bits per heavy atom. The Bertz CT molecular complexity index is 602. The van der Waals surface area contributed by atoms with Gasteiger partial charge in [-0.1, -0.05) is 19.3 Å². The normalized spacial score (nSPS) is 18.0. The first-order valence-corrected chi connectivity index (χ1v) is 9.78. The molecule has 0 amide bonds. The summed E-state index contributed by atoms with van der Waals surface area (Å²) in [5, 5.41) is 4.75. The van der Waals surface area contributed by atoms with E-state index >= 15 is 0 Å². The van der Waals surface area contributed by atoms with Crippen LogP contribution >= 0.6 is 43.2 Å².